The lowest BCUT2D eigenvalue weighted by Crippen LogP contribution is -2.58. The minimum Gasteiger partial charge on any atom is -0.352 e. The number of aromatic nitrogens is 4. The summed E-state index contributed by atoms with van der Waals surface area (Å²) in [7, 11) is 0. The monoisotopic (exact) mass is 680 g/mol. The molecule has 0 radical (unpaired) electrons. The highest BCUT2D eigenvalue weighted by Gasteiger charge is 2.40. The Bertz CT molecular complexity index is 2170. The van der Waals surface area contributed by atoms with Gasteiger partial charge in [-0.1, -0.05) is 6.58 Å². The second-order valence-electron chi connectivity index (χ2n) is 12.1. The van der Waals surface area contributed by atoms with Crippen molar-refractivity contribution in [1.29, 1.82) is 0 Å². The number of pyridine rings is 1. The van der Waals surface area contributed by atoms with Crippen LogP contribution < -0.4 is 10.6 Å². The molecule has 5 heterocycles. The lowest BCUT2D eigenvalue weighted by molar-refractivity contribution is -0.137. The Morgan fingerprint density at radius 2 is 1.81 bits per heavy atom. The Morgan fingerprint density at radius 3 is 2.50 bits per heavy atom. The van der Waals surface area contributed by atoms with E-state index in [1.54, 1.807) is 35.9 Å². The van der Waals surface area contributed by atoms with Crippen molar-refractivity contribution < 1.29 is 26.7 Å². The molecule has 2 aliphatic heterocycles. The first-order valence-electron chi connectivity index (χ1n) is 15.3. The van der Waals surface area contributed by atoms with Crippen LogP contribution in [0.25, 0.3) is 33.1 Å². The number of rotatable bonds is 4. The first-order chi connectivity index (χ1) is 22.9. The van der Waals surface area contributed by atoms with Crippen molar-refractivity contribution in [3.63, 3.8) is 0 Å². The molecule has 0 aliphatic carbocycles. The molecule has 3 atom stereocenters. The molecule has 248 valence electrons. The molecule has 1 amide bonds. The van der Waals surface area contributed by atoms with Gasteiger partial charge in [0.05, 0.1) is 17.1 Å². The largest absolute Gasteiger partial charge is 0.417 e. The number of hydrogen-bond donors (Lipinski definition) is 0. The summed E-state index contributed by atoms with van der Waals surface area (Å²) < 4.78 is 77.9. The molecule has 1 unspecified atom stereocenters. The van der Waals surface area contributed by atoms with Crippen LogP contribution in [0.2, 0.25) is 0 Å². The van der Waals surface area contributed by atoms with Crippen molar-refractivity contribution in [2.45, 2.75) is 49.6 Å². The van der Waals surface area contributed by atoms with E-state index in [1.165, 1.54) is 10.6 Å². The lowest BCUT2D eigenvalue weighted by Gasteiger charge is -2.44. The van der Waals surface area contributed by atoms with Gasteiger partial charge in [0.1, 0.15) is 23.1 Å². The smallest absolute Gasteiger partial charge is 0.352 e. The third-order valence-corrected chi connectivity index (χ3v) is 10.3. The summed E-state index contributed by atoms with van der Waals surface area (Å²) in [5, 5.41) is 0.913. The number of anilines is 1. The summed E-state index contributed by atoms with van der Waals surface area (Å²) in [5.41, 5.74) is -1.91. The number of fused-ring (bicyclic) bond motifs is 1. The van der Waals surface area contributed by atoms with Crippen LogP contribution in [0.4, 0.5) is 27.8 Å². The summed E-state index contributed by atoms with van der Waals surface area (Å²) in [6.07, 6.45) is -0.297. The zero-order valence-electron chi connectivity index (χ0n) is 25.8. The van der Waals surface area contributed by atoms with Gasteiger partial charge in [-0.25, -0.2) is 18.6 Å². The van der Waals surface area contributed by atoms with Gasteiger partial charge in [-0.2, -0.15) is 18.2 Å². The number of nitrogens with zero attached hydrogens (tertiary/aromatic N) is 6. The zero-order chi connectivity index (χ0) is 34.1. The molecule has 7 rings (SSSR count). The third kappa shape index (κ3) is 5.22. The number of benzene rings is 2. The van der Waals surface area contributed by atoms with E-state index in [0.717, 1.165) is 35.3 Å². The summed E-state index contributed by atoms with van der Waals surface area (Å²) in [5.74, 6) is -2.13. The zero-order valence-corrected chi connectivity index (χ0v) is 26.7. The molecular weight excluding hydrogens is 651 g/mol. The maximum atomic E-state index is 15.4. The van der Waals surface area contributed by atoms with Gasteiger partial charge in [0.15, 0.2) is 0 Å². The van der Waals surface area contributed by atoms with Crippen LogP contribution in [0.1, 0.15) is 25.5 Å². The number of halogens is 5. The van der Waals surface area contributed by atoms with Gasteiger partial charge in [0.2, 0.25) is 5.91 Å². The normalized spacial score (nSPS) is 19.9. The third-order valence-electron chi connectivity index (χ3n) is 9.03. The van der Waals surface area contributed by atoms with Crippen LogP contribution in [-0.4, -0.2) is 60.8 Å². The standard InChI is InChI=1S/C34H29F5N6O2S/c1-4-27(46)45-18(2)14-42(15-19(45)3)32-24-13-25(34(37,38)39)28(23-8-7-21(35)12-26(23)36)30-29(24)44(33(47)41-32)16-22(17-48-30)43-11-9-20-6-5-10-40-31(20)43/h4-13,18-19,22H,1,14-17H2,2-3H3/t18-,19+,22?. The van der Waals surface area contributed by atoms with E-state index in [1.807, 2.05) is 22.9 Å². The SMILES string of the molecule is C=CC(=O)N1[C@H](C)CN(c2nc(=O)n3c4c(c(-c5ccc(F)cc5F)c(C(F)(F)F)cc24)SCC(n2ccc4cccnc42)C3)C[C@@H]1C. The molecule has 8 nitrogen and oxygen atoms in total. The van der Waals surface area contributed by atoms with Crippen molar-refractivity contribution in [1.82, 2.24) is 24.0 Å². The quantitative estimate of drug-likeness (QED) is 0.156. The number of piperazine rings is 1. The Balaban J connectivity index is 1.50. The molecule has 1 saturated heterocycles. The van der Waals surface area contributed by atoms with E-state index in [4.69, 9.17) is 0 Å². The van der Waals surface area contributed by atoms with Crippen LogP contribution >= 0.6 is 11.8 Å². The second kappa shape index (κ2) is 11.8. The molecule has 0 N–H and O–H groups in total. The second-order valence-corrected chi connectivity index (χ2v) is 13.2. The summed E-state index contributed by atoms with van der Waals surface area (Å²) >= 11 is 1.07. The van der Waals surface area contributed by atoms with E-state index in [9.17, 15) is 14.0 Å². The molecule has 0 spiro atoms. The predicted molar refractivity (Wildman–Crippen MR) is 174 cm³/mol. The molecule has 14 heteroatoms. The number of amides is 1. The molecule has 2 aromatic carbocycles. The Hall–Kier alpha value is -4.72. The van der Waals surface area contributed by atoms with Crippen molar-refractivity contribution in [2.24, 2.45) is 0 Å². The molecule has 2 aliphatic rings. The van der Waals surface area contributed by atoms with Crippen molar-refractivity contribution in [2.75, 3.05) is 23.7 Å². The van der Waals surface area contributed by atoms with Gasteiger partial charge >= 0.3 is 11.9 Å². The van der Waals surface area contributed by atoms with Gasteiger partial charge in [-0.3, -0.25) is 9.36 Å². The molecule has 0 bridgehead atoms. The van der Waals surface area contributed by atoms with Crippen LogP contribution in [0.3, 0.4) is 0 Å². The minimum atomic E-state index is -4.96. The number of thioether (sulfide) groups is 1. The molecular formula is C34H29F5N6O2S. The number of carbonyl (C=O) groups excluding carboxylic acids is 1. The Kier molecular flexibility index (Phi) is 7.80. The van der Waals surface area contributed by atoms with Crippen molar-refractivity contribution >= 4 is 45.4 Å². The van der Waals surface area contributed by atoms with Gasteiger partial charge in [-0.05, 0) is 56.3 Å². The molecule has 48 heavy (non-hydrogen) atoms. The van der Waals surface area contributed by atoms with Crippen molar-refractivity contribution in [3.8, 4) is 11.1 Å². The lowest BCUT2D eigenvalue weighted by atomic mass is 9.95. The Morgan fingerprint density at radius 1 is 1.06 bits per heavy atom. The molecule has 5 aromatic rings. The van der Waals surface area contributed by atoms with E-state index in [-0.39, 0.29) is 65.0 Å². The average molecular weight is 681 g/mol. The number of carbonyl (C=O) groups is 1. The highest BCUT2D eigenvalue weighted by atomic mass is 32.2. The van der Waals surface area contributed by atoms with Gasteiger partial charge < -0.3 is 14.4 Å². The number of alkyl halides is 3. The fourth-order valence-corrected chi connectivity index (χ4v) is 8.40. The van der Waals surface area contributed by atoms with E-state index < -0.39 is 46.2 Å². The topological polar surface area (TPSA) is 76.3 Å². The van der Waals surface area contributed by atoms with Crippen LogP contribution in [0.15, 0.2) is 77.2 Å². The first kappa shape index (κ1) is 31.9. The molecule has 3 aromatic heterocycles. The summed E-state index contributed by atoms with van der Waals surface area (Å²) in [6, 6.07) is 7.70. The number of hydrogen-bond acceptors (Lipinski definition) is 6. The highest BCUT2D eigenvalue weighted by Crippen LogP contribution is 2.49. The van der Waals surface area contributed by atoms with E-state index in [0.29, 0.717) is 11.7 Å². The van der Waals surface area contributed by atoms with Crippen LogP contribution in [0.5, 0.6) is 0 Å². The Labute approximate surface area is 275 Å². The fraction of sp³-hybridized carbons (Fsp3) is 0.294. The molecule has 0 saturated carbocycles. The van der Waals surface area contributed by atoms with Gasteiger partial charge in [-0.15, -0.1) is 11.8 Å². The summed E-state index contributed by atoms with van der Waals surface area (Å²) in [6.45, 7) is 7.62. The van der Waals surface area contributed by atoms with Crippen LogP contribution in [0, 0.1) is 11.6 Å². The maximum absolute atomic E-state index is 15.4. The van der Waals surface area contributed by atoms with E-state index in [2.05, 4.69) is 16.5 Å². The van der Waals surface area contributed by atoms with Gasteiger partial charge in [0.25, 0.3) is 0 Å². The predicted octanol–water partition coefficient (Wildman–Crippen LogP) is 6.67. The maximum Gasteiger partial charge on any atom is 0.417 e. The van der Waals surface area contributed by atoms with Gasteiger partial charge in [0, 0.05) is 82.7 Å². The summed E-state index contributed by atoms with van der Waals surface area (Å²) in [4.78, 5) is 38.9. The molecule has 1 fully saturated rings. The van der Waals surface area contributed by atoms with E-state index >= 15 is 17.6 Å². The van der Waals surface area contributed by atoms with Crippen LogP contribution in [-0.2, 0) is 17.5 Å². The first-order valence-corrected chi connectivity index (χ1v) is 16.2. The van der Waals surface area contributed by atoms with Crippen molar-refractivity contribution in [3.05, 3.63) is 95.2 Å². The minimum absolute atomic E-state index is 0.0413. The average Bonchev–Trinajstić information content (AvgIpc) is 3.36. The highest BCUT2D eigenvalue weighted by molar-refractivity contribution is 7.99. The fourth-order valence-electron chi connectivity index (χ4n) is 7.06.